The van der Waals surface area contributed by atoms with Crippen LogP contribution in [0.15, 0.2) is 4.99 Å². The zero-order chi connectivity index (χ0) is 12.4. The standard InChI is InChI=1S/C12H22N2O2S/c1-4-11(2)9-17-10(14-11)13-7-12(15-3)5-6-16-8-12/h4-9H2,1-3H3,(H,13,14). The summed E-state index contributed by atoms with van der Waals surface area (Å²) < 4.78 is 11.0. The number of hydrogen-bond acceptors (Lipinski definition) is 4. The molecule has 0 amide bonds. The molecule has 0 aromatic rings. The van der Waals surface area contributed by atoms with Crippen molar-refractivity contribution in [3.8, 4) is 0 Å². The van der Waals surface area contributed by atoms with E-state index in [0.29, 0.717) is 13.2 Å². The van der Waals surface area contributed by atoms with Crippen molar-refractivity contribution in [1.29, 1.82) is 0 Å². The molecule has 0 aromatic carbocycles. The third-order valence-corrected chi connectivity index (χ3v) is 5.01. The number of nitrogens with one attached hydrogen (secondary N) is 1. The van der Waals surface area contributed by atoms with E-state index < -0.39 is 0 Å². The molecule has 4 nitrogen and oxygen atoms in total. The molecule has 2 atom stereocenters. The van der Waals surface area contributed by atoms with E-state index in [2.05, 4.69) is 24.2 Å². The van der Waals surface area contributed by atoms with Crippen LogP contribution in [0.5, 0.6) is 0 Å². The summed E-state index contributed by atoms with van der Waals surface area (Å²) in [6.45, 7) is 6.59. The molecule has 0 aromatic heterocycles. The molecule has 1 N–H and O–H groups in total. The topological polar surface area (TPSA) is 42.9 Å². The van der Waals surface area contributed by atoms with Gasteiger partial charge in [-0.1, -0.05) is 18.7 Å². The summed E-state index contributed by atoms with van der Waals surface area (Å²) in [5, 5.41) is 4.55. The Labute approximate surface area is 108 Å². The molecule has 0 saturated carbocycles. The van der Waals surface area contributed by atoms with Crippen molar-refractivity contribution in [2.45, 2.75) is 37.8 Å². The highest BCUT2D eigenvalue weighted by molar-refractivity contribution is 8.14. The van der Waals surface area contributed by atoms with E-state index in [0.717, 1.165) is 30.4 Å². The summed E-state index contributed by atoms with van der Waals surface area (Å²) in [5.41, 5.74) is 0.0103. The molecule has 2 unspecified atom stereocenters. The molecule has 0 bridgehead atoms. The third-order valence-electron chi connectivity index (χ3n) is 3.73. The summed E-state index contributed by atoms with van der Waals surface area (Å²) in [4.78, 5) is 4.66. The first-order valence-corrected chi connectivity index (χ1v) is 7.18. The van der Waals surface area contributed by atoms with E-state index in [-0.39, 0.29) is 11.1 Å². The molecule has 2 saturated heterocycles. The molecule has 2 aliphatic rings. The van der Waals surface area contributed by atoms with Crippen molar-refractivity contribution >= 4 is 16.9 Å². The van der Waals surface area contributed by atoms with Gasteiger partial charge in [0.15, 0.2) is 5.17 Å². The molecule has 0 radical (unpaired) electrons. The van der Waals surface area contributed by atoms with Gasteiger partial charge in [-0.3, -0.25) is 4.99 Å². The number of rotatable bonds is 4. The van der Waals surface area contributed by atoms with Crippen LogP contribution in [-0.2, 0) is 9.47 Å². The van der Waals surface area contributed by atoms with Crippen LogP contribution in [0, 0.1) is 0 Å². The normalized spacial score (nSPS) is 39.8. The third kappa shape index (κ3) is 2.95. The second kappa shape index (κ2) is 5.16. The molecule has 2 rings (SSSR count). The molecular formula is C12H22N2O2S. The molecule has 5 heteroatoms. The van der Waals surface area contributed by atoms with Crippen LogP contribution in [-0.4, -0.2) is 48.9 Å². The predicted octanol–water partition coefficient (Wildman–Crippen LogP) is 1.65. The van der Waals surface area contributed by atoms with Gasteiger partial charge in [0.05, 0.1) is 13.2 Å². The maximum atomic E-state index is 5.57. The van der Waals surface area contributed by atoms with E-state index in [4.69, 9.17) is 9.47 Å². The van der Waals surface area contributed by atoms with Crippen LogP contribution in [0.2, 0.25) is 0 Å². The summed E-state index contributed by atoms with van der Waals surface area (Å²) in [6, 6.07) is 0. The smallest absolute Gasteiger partial charge is 0.157 e. The first-order valence-electron chi connectivity index (χ1n) is 6.20. The number of aliphatic imine (C=N–C) groups is 1. The van der Waals surface area contributed by atoms with Gasteiger partial charge in [0.2, 0.25) is 0 Å². The van der Waals surface area contributed by atoms with Crippen molar-refractivity contribution in [3.63, 3.8) is 0 Å². The van der Waals surface area contributed by atoms with Crippen molar-refractivity contribution < 1.29 is 9.47 Å². The number of thioether (sulfide) groups is 1. The van der Waals surface area contributed by atoms with Crippen molar-refractivity contribution in [3.05, 3.63) is 0 Å². The van der Waals surface area contributed by atoms with Gasteiger partial charge in [0.25, 0.3) is 0 Å². The Morgan fingerprint density at radius 3 is 2.94 bits per heavy atom. The van der Waals surface area contributed by atoms with Crippen LogP contribution in [0.3, 0.4) is 0 Å². The largest absolute Gasteiger partial charge is 0.378 e. The highest BCUT2D eigenvalue weighted by atomic mass is 32.2. The molecule has 2 heterocycles. The predicted molar refractivity (Wildman–Crippen MR) is 71.8 cm³/mol. The zero-order valence-corrected chi connectivity index (χ0v) is 11.7. The van der Waals surface area contributed by atoms with Gasteiger partial charge in [-0.2, -0.15) is 0 Å². The van der Waals surface area contributed by atoms with Gasteiger partial charge >= 0.3 is 0 Å². The lowest BCUT2D eigenvalue weighted by molar-refractivity contribution is -0.00899. The van der Waals surface area contributed by atoms with Gasteiger partial charge in [0, 0.05) is 31.4 Å². The molecular weight excluding hydrogens is 236 g/mol. The van der Waals surface area contributed by atoms with Crippen LogP contribution in [0.1, 0.15) is 26.7 Å². The van der Waals surface area contributed by atoms with Crippen molar-refractivity contribution in [2.24, 2.45) is 4.99 Å². The fourth-order valence-corrected chi connectivity index (χ4v) is 3.19. The number of hydrogen-bond donors (Lipinski definition) is 1. The Hall–Kier alpha value is -0.260. The second-order valence-electron chi connectivity index (χ2n) is 5.14. The minimum Gasteiger partial charge on any atom is -0.378 e. The molecule has 0 aliphatic carbocycles. The summed E-state index contributed by atoms with van der Waals surface area (Å²) in [7, 11) is 1.75. The maximum absolute atomic E-state index is 5.57. The Morgan fingerprint density at radius 1 is 1.59 bits per heavy atom. The number of nitrogens with zero attached hydrogens (tertiary/aromatic N) is 1. The monoisotopic (exact) mass is 258 g/mol. The number of amidine groups is 1. The quantitative estimate of drug-likeness (QED) is 0.832. The lowest BCUT2D eigenvalue weighted by Gasteiger charge is -2.24. The van der Waals surface area contributed by atoms with Gasteiger partial charge in [0.1, 0.15) is 5.60 Å². The summed E-state index contributed by atoms with van der Waals surface area (Å²) >= 11 is 1.81. The maximum Gasteiger partial charge on any atom is 0.157 e. The van der Waals surface area contributed by atoms with E-state index >= 15 is 0 Å². The molecule has 2 aliphatic heterocycles. The van der Waals surface area contributed by atoms with E-state index in [9.17, 15) is 0 Å². The van der Waals surface area contributed by atoms with Crippen molar-refractivity contribution in [1.82, 2.24) is 5.32 Å². The van der Waals surface area contributed by atoms with Crippen LogP contribution >= 0.6 is 11.8 Å². The van der Waals surface area contributed by atoms with E-state index in [1.165, 1.54) is 0 Å². The first-order chi connectivity index (χ1) is 8.11. The Kier molecular flexibility index (Phi) is 4.00. The Morgan fingerprint density at radius 2 is 2.41 bits per heavy atom. The fourth-order valence-electron chi connectivity index (χ4n) is 1.99. The Bertz CT molecular complexity index is 303. The van der Waals surface area contributed by atoms with E-state index in [1.807, 2.05) is 11.8 Å². The van der Waals surface area contributed by atoms with Crippen LogP contribution < -0.4 is 5.32 Å². The second-order valence-corrected chi connectivity index (χ2v) is 6.10. The minimum absolute atomic E-state index is 0.194. The summed E-state index contributed by atoms with van der Waals surface area (Å²) in [6.07, 6.45) is 2.06. The van der Waals surface area contributed by atoms with Gasteiger partial charge < -0.3 is 14.8 Å². The average molecular weight is 258 g/mol. The van der Waals surface area contributed by atoms with Crippen LogP contribution in [0.4, 0.5) is 0 Å². The number of methoxy groups -OCH3 is 1. The number of ether oxygens (including phenoxy) is 2. The highest BCUT2D eigenvalue weighted by Gasteiger charge is 2.36. The Balaban J connectivity index is 1.93. The van der Waals surface area contributed by atoms with Gasteiger partial charge in [-0.25, -0.2) is 0 Å². The molecule has 17 heavy (non-hydrogen) atoms. The molecule has 2 fully saturated rings. The van der Waals surface area contributed by atoms with Crippen molar-refractivity contribution in [2.75, 3.05) is 32.6 Å². The lowest BCUT2D eigenvalue weighted by Crippen LogP contribution is -2.41. The van der Waals surface area contributed by atoms with Gasteiger partial charge in [-0.15, -0.1) is 0 Å². The zero-order valence-electron chi connectivity index (χ0n) is 10.9. The van der Waals surface area contributed by atoms with Gasteiger partial charge in [-0.05, 0) is 13.3 Å². The van der Waals surface area contributed by atoms with E-state index in [1.54, 1.807) is 7.11 Å². The minimum atomic E-state index is -0.194. The summed E-state index contributed by atoms with van der Waals surface area (Å²) in [5.74, 6) is 1.10. The first kappa shape index (κ1) is 13.2. The fraction of sp³-hybridized carbons (Fsp3) is 0.917. The molecule has 98 valence electrons. The highest BCUT2D eigenvalue weighted by Crippen LogP contribution is 2.27. The van der Waals surface area contributed by atoms with Crippen LogP contribution in [0.25, 0.3) is 0 Å². The SMILES string of the molecule is CCC1(C)CSC(=NCC2(OC)CCOC2)N1. The lowest BCUT2D eigenvalue weighted by atomic mass is 10.0. The average Bonchev–Trinajstić information content (AvgIpc) is 2.95. The molecule has 0 spiro atoms.